The first-order valence-corrected chi connectivity index (χ1v) is 6.76. The second kappa shape index (κ2) is 5.66. The molecule has 0 spiro atoms. The first kappa shape index (κ1) is 13.8. The van der Waals surface area contributed by atoms with E-state index in [1.54, 1.807) is 23.0 Å². The predicted octanol–water partition coefficient (Wildman–Crippen LogP) is 1.90. The van der Waals surface area contributed by atoms with Gasteiger partial charge in [-0.05, 0) is 17.7 Å². The lowest BCUT2D eigenvalue weighted by Crippen LogP contribution is -2.18. The van der Waals surface area contributed by atoms with E-state index in [0.717, 1.165) is 11.1 Å². The number of nitrogens with one attached hydrogen (secondary N) is 1. The maximum Gasteiger partial charge on any atom is 0.217 e. The molecule has 6 heteroatoms. The van der Waals surface area contributed by atoms with Gasteiger partial charge in [-0.1, -0.05) is 18.2 Å². The number of carbonyl (C=O) groups excluding carboxylic acids is 1. The van der Waals surface area contributed by atoms with Gasteiger partial charge >= 0.3 is 0 Å². The van der Waals surface area contributed by atoms with E-state index >= 15 is 0 Å². The summed E-state index contributed by atoms with van der Waals surface area (Å²) in [6.07, 6.45) is 3.39. The highest BCUT2D eigenvalue weighted by Crippen LogP contribution is 2.25. The molecule has 0 saturated carbocycles. The lowest BCUT2D eigenvalue weighted by molar-refractivity contribution is -0.119. The van der Waals surface area contributed by atoms with Gasteiger partial charge in [-0.25, -0.2) is 9.50 Å². The van der Waals surface area contributed by atoms with Crippen molar-refractivity contribution in [2.75, 3.05) is 0 Å². The fourth-order valence-corrected chi connectivity index (χ4v) is 2.25. The van der Waals surface area contributed by atoms with Crippen LogP contribution in [0.3, 0.4) is 0 Å². The van der Waals surface area contributed by atoms with Crippen LogP contribution in [0.25, 0.3) is 16.9 Å². The van der Waals surface area contributed by atoms with Gasteiger partial charge in [-0.2, -0.15) is 10.4 Å². The van der Waals surface area contributed by atoms with Crippen molar-refractivity contribution >= 4 is 11.6 Å². The third kappa shape index (κ3) is 2.52. The molecule has 0 saturated heterocycles. The van der Waals surface area contributed by atoms with Gasteiger partial charge < -0.3 is 5.32 Å². The number of amides is 1. The van der Waals surface area contributed by atoms with E-state index in [2.05, 4.69) is 21.5 Å². The van der Waals surface area contributed by atoms with Crippen molar-refractivity contribution in [3.05, 3.63) is 53.9 Å². The van der Waals surface area contributed by atoms with Crippen molar-refractivity contribution in [1.82, 2.24) is 19.9 Å². The number of fused-ring (bicyclic) bond motifs is 1. The molecule has 2 aromatic heterocycles. The lowest BCUT2D eigenvalue weighted by atomic mass is 10.1. The van der Waals surface area contributed by atoms with Gasteiger partial charge in [-0.15, -0.1) is 0 Å². The molecule has 0 bridgehead atoms. The summed E-state index contributed by atoms with van der Waals surface area (Å²) in [5.74, 6) is -0.0833. The molecule has 1 N–H and O–H groups in total. The third-order valence-electron chi connectivity index (χ3n) is 3.25. The Morgan fingerprint density at radius 2 is 2.27 bits per heavy atom. The lowest BCUT2D eigenvalue weighted by Gasteiger charge is -2.04. The monoisotopic (exact) mass is 291 g/mol. The van der Waals surface area contributed by atoms with Crippen molar-refractivity contribution < 1.29 is 4.79 Å². The van der Waals surface area contributed by atoms with Gasteiger partial charge in [-0.3, -0.25) is 4.79 Å². The molecule has 0 unspecified atom stereocenters. The minimum atomic E-state index is -0.0833. The van der Waals surface area contributed by atoms with Gasteiger partial charge in [0.05, 0.1) is 0 Å². The standard InChI is InChI=1S/C16H13N5O/c1-11(22)19-10-12-4-2-5-13(8-12)15-14(9-17)16-18-6-3-7-21(16)20-15/h2-8H,10H2,1H3,(H,19,22). The number of hydrogen-bond acceptors (Lipinski definition) is 4. The summed E-state index contributed by atoms with van der Waals surface area (Å²) in [4.78, 5) is 15.2. The number of carbonyl (C=O) groups is 1. The molecule has 0 aliphatic rings. The Hall–Kier alpha value is -3.20. The molecule has 0 radical (unpaired) electrons. The number of hydrogen-bond donors (Lipinski definition) is 1. The molecule has 3 aromatic rings. The topological polar surface area (TPSA) is 83.1 Å². The van der Waals surface area contributed by atoms with Gasteiger partial charge in [0.1, 0.15) is 17.3 Å². The van der Waals surface area contributed by atoms with Gasteiger partial charge in [0, 0.05) is 31.4 Å². The average Bonchev–Trinajstić information content (AvgIpc) is 2.92. The van der Waals surface area contributed by atoms with Crippen molar-refractivity contribution in [3.63, 3.8) is 0 Å². The van der Waals surface area contributed by atoms with E-state index in [4.69, 9.17) is 0 Å². The summed E-state index contributed by atoms with van der Waals surface area (Å²) in [5.41, 5.74) is 3.34. The maximum atomic E-state index is 11.0. The van der Waals surface area contributed by atoms with E-state index in [0.29, 0.717) is 23.4 Å². The predicted molar refractivity (Wildman–Crippen MR) is 80.7 cm³/mol. The highest BCUT2D eigenvalue weighted by atomic mass is 16.1. The van der Waals surface area contributed by atoms with Crippen molar-refractivity contribution in [3.8, 4) is 17.3 Å². The van der Waals surface area contributed by atoms with Crippen LogP contribution in [0.5, 0.6) is 0 Å². The summed E-state index contributed by atoms with van der Waals surface area (Å²) in [7, 11) is 0. The van der Waals surface area contributed by atoms with Gasteiger partial charge in [0.2, 0.25) is 5.91 Å². The fraction of sp³-hybridized carbons (Fsp3) is 0.125. The van der Waals surface area contributed by atoms with Crippen LogP contribution in [0.1, 0.15) is 18.1 Å². The number of rotatable bonds is 3. The molecule has 1 aromatic carbocycles. The zero-order chi connectivity index (χ0) is 15.5. The molecule has 0 aliphatic heterocycles. The van der Waals surface area contributed by atoms with Crippen molar-refractivity contribution in [2.45, 2.75) is 13.5 Å². The van der Waals surface area contributed by atoms with Crippen LogP contribution in [0.4, 0.5) is 0 Å². The Morgan fingerprint density at radius 1 is 1.41 bits per heavy atom. The van der Waals surface area contributed by atoms with Crippen LogP contribution in [0, 0.1) is 11.3 Å². The third-order valence-corrected chi connectivity index (χ3v) is 3.25. The zero-order valence-electron chi connectivity index (χ0n) is 11.9. The summed E-state index contributed by atoms with van der Waals surface area (Å²) in [6, 6.07) is 11.5. The zero-order valence-corrected chi connectivity index (χ0v) is 11.9. The van der Waals surface area contributed by atoms with Crippen LogP contribution in [-0.2, 0) is 11.3 Å². The first-order valence-electron chi connectivity index (χ1n) is 6.76. The molecule has 1 amide bonds. The second-order valence-corrected chi connectivity index (χ2v) is 4.83. The number of benzene rings is 1. The molecule has 0 atom stereocenters. The smallest absolute Gasteiger partial charge is 0.217 e. The number of aromatic nitrogens is 3. The van der Waals surface area contributed by atoms with Crippen LogP contribution < -0.4 is 5.32 Å². The highest BCUT2D eigenvalue weighted by Gasteiger charge is 2.15. The van der Waals surface area contributed by atoms with Gasteiger partial charge in [0.25, 0.3) is 0 Å². The largest absolute Gasteiger partial charge is 0.352 e. The Bertz CT molecular complexity index is 891. The minimum absolute atomic E-state index is 0.0833. The van der Waals surface area contributed by atoms with Crippen molar-refractivity contribution in [1.29, 1.82) is 5.26 Å². The van der Waals surface area contributed by atoms with Crippen LogP contribution in [-0.4, -0.2) is 20.5 Å². The summed E-state index contributed by atoms with van der Waals surface area (Å²) in [6.45, 7) is 1.92. The Labute approximate surface area is 127 Å². The summed E-state index contributed by atoms with van der Waals surface area (Å²) >= 11 is 0. The Balaban J connectivity index is 2.06. The Kier molecular flexibility index (Phi) is 3.54. The van der Waals surface area contributed by atoms with Gasteiger partial charge in [0.15, 0.2) is 5.65 Å². The van der Waals surface area contributed by atoms with E-state index in [1.807, 2.05) is 24.3 Å². The molecule has 3 rings (SSSR count). The molecule has 108 valence electrons. The van der Waals surface area contributed by atoms with Crippen molar-refractivity contribution in [2.24, 2.45) is 0 Å². The maximum absolute atomic E-state index is 11.0. The molecule has 2 heterocycles. The molecular formula is C16H13N5O. The first-order chi connectivity index (χ1) is 10.7. The van der Waals surface area contributed by atoms with Crippen LogP contribution in [0.15, 0.2) is 42.7 Å². The molecule has 0 aliphatic carbocycles. The van der Waals surface area contributed by atoms with Crippen LogP contribution in [0.2, 0.25) is 0 Å². The van der Waals surface area contributed by atoms with E-state index < -0.39 is 0 Å². The van der Waals surface area contributed by atoms with E-state index in [9.17, 15) is 10.1 Å². The molecule has 0 fully saturated rings. The fourth-order valence-electron chi connectivity index (χ4n) is 2.25. The molecular weight excluding hydrogens is 278 g/mol. The minimum Gasteiger partial charge on any atom is -0.352 e. The highest BCUT2D eigenvalue weighted by molar-refractivity contribution is 5.75. The SMILES string of the molecule is CC(=O)NCc1cccc(-c2nn3cccnc3c2C#N)c1. The normalized spacial score (nSPS) is 10.4. The summed E-state index contributed by atoms with van der Waals surface area (Å²) < 4.78 is 1.59. The average molecular weight is 291 g/mol. The quantitative estimate of drug-likeness (QED) is 0.799. The Morgan fingerprint density at radius 3 is 3.05 bits per heavy atom. The molecule has 6 nitrogen and oxygen atoms in total. The summed E-state index contributed by atoms with van der Waals surface area (Å²) in [5, 5.41) is 16.6. The van der Waals surface area contributed by atoms with Crippen LogP contribution >= 0.6 is 0 Å². The molecule has 22 heavy (non-hydrogen) atoms. The van der Waals surface area contributed by atoms with E-state index in [-0.39, 0.29) is 5.91 Å². The van der Waals surface area contributed by atoms with E-state index in [1.165, 1.54) is 6.92 Å². The number of nitrogens with zero attached hydrogens (tertiary/aromatic N) is 4. The second-order valence-electron chi connectivity index (χ2n) is 4.83. The number of nitriles is 1.